The lowest BCUT2D eigenvalue weighted by Crippen LogP contribution is -2.28. The SMILES string of the molecule is O=C(CCC(=O)NOCc1ccccc1)NOCc1ccccc1. The van der Waals surface area contributed by atoms with Crippen molar-refractivity contribution in [1.82, 2.24) is 11.0 Å². The van der Waals surface area contributed by atoms with Crippen LogP contribution in [0, 0.1) is 0 Å². The van der Waals surface area contributed by atoms with Gasteiger partial charge in [-0.15, -0.1) is 0 Å². The van der Waals surface area contributed by atoms with E-state index in [0.717, 1.165) is 11.1 Å². The maximum absolute atomic E-state index is 11.6. The molecule has 0 saturated heterocycles. The number of benzene rings is 2. The zero-order chi connectivity index (χ0) is 17.0. The molecule has 0 bridgehead atoms. The molecule has 0 atom stereocenters. The number of hydroxylamine groups is 2. The molecular formula is C18H20N2O4. The normalized spacial score (nSPS) is 10.2. The molecule has 0 radical (unpaired) electrons. The first-order valence-electron chi connectivity index (χ1n) is 7.63. The summed E-state index contributed by atoms with van der Waals surface area (Å²) in [5.41, 5.74) is 6.52. The molecule has 126 valence electrons. The molecule has 2 rings (SSSR count). The van der Waals surface area contributed by atoms with E-state index in [1.165, 1.54) is 0 Å². The van der Waals surface area contributed by atoms with Gasteiger partial charge in [0.2, 0.25) is 11.8 Å². The van der Waals surface area contributed by atoms with Gasteiger partial charge in [-0.2, -0.15) is 0 Å². The highest BCUT2D eigenvalue weighted by atomic mass is 16.7. The van der Waals surface area contributed by atoms with Crippen LogP contribution in [-0.2, 0) is 32.5 Å². The lowest BCUT2D eigenvalue weighted by Gasteiger charge is -2.07. The van der Waals surface area contributed by atoms with Gasteiger partial charge in [0.25, 0.3) is 0 Å². The molecular weight excluding hydrogens is 308 g/mol. The van der Waals surface area contributed by atoms with Gasteiger partial charge in [0.1, 0.15) is 0 Å². The van der Waals surface area contributed by atoms with Gasteiger partial charge in [-0.05, 0) is 11.1 Å². The van der Waals surface area contributed by atoms with Gasteiger partial charge in [0.05, 0.1) is 13.2 Å². The number of carbonyl (C=O) groups is 2. The van der Waals surface area contributed by atoms with Crippen molar-refractivity contribution in [3.63, 3.8) is 0 Å². The van der Waals surface area contributed by atoms with Crippen molar-refractivity contribution in [3.05, 3.63) is 71.8 Å². The first kappa shape index (κ1) is 17.7. The van der Waals surface area contributed by atoms with Crippen molar-refractivity contribution in [2.24, 2.45) is 0 Å². The Bertz CT molecular complexity index is 574. The van der Waals surface area contributed by atoms with Gasteiger partial charge in [0, 0.05) is 12.8 Å². The Morgan fingerprint density at radius 3 is 1.42 bits per heavy atom. The van der Waals surface area contributed by atoms with Crippen LogP contribution < -0.4 is 11.0 Å². The number of nitrogens with one attached hydrogen (secondary N) is 2. The Balaban J connectivity index is 1.53. The molecule has 0 spiro atoms. The number of amides is 2. The third-order valence-electron chi connectivity index (χ3n) is 3.11. The Morgan fingerprint density at radius 1 is 0.667 bits per heavy atom. The average molecular weight is 328 g/mol. The molecule has 0 aromatic heterocycles. The van der Waals surface area contributed by atoms with E-state index in [9.17, 15) is 9.59 Å². The van der Waals surface area contributed by atoms with Crippen LogP contribution in [0.2, 0.25) is 0 Å². The van der Waals surface area contributed by atoms with Crippen LogP contribution in [0.1, 0.15) is 24.0 Å². The summed E-state index contributed by atoms with van der Waals surface area (Å²) in [7, 11) is 0. The summed E-state index contributed by atoms with van der Waals surface area (Å²) < 4.78 is 0. The average Bonchev–Trinajstić information content (AvgIpc) is 2.62. The van der Waals surface area contributed by atoms with Gasteiger partial charge in [-0.25, -0.2) is 11.0 Å². The van der Waals surface area contributed by atoms with E-state index in [-0.39, 0.29) is 37.9 Å². The Labute approximate surface area is 140 Å². The summed E-state index contributed by atoms with van der Waals surface area (Å²) in [5, 5.41) is 0. The van der Waals surface area contributed by atoms with Gasteiger partial charge in [-0.1, -0.05) is 60.7 Å². The van der Waals surface area contributed by atoms with Crippen LogP contribution in [0.25, 0.3) is 0 Å². The fraction of sp³-hybridized carbons (Fsp3) is 0.222. The molecule has 0 fully saturated rings. The van der Waals surface area contributed by atoms with E-state index in [1.807, 2.05) is 60.7 Å². The molecule has 0 unspecified atom stereocenters. The van der Waals surface area contributed by atoms with Crippen molar-refractivity contribution in [3.8, 4) is 0 Å². The van der Waals surface area contributed by atoms with Gasteiger partial charge in [0.15, 0.2) is 0 Å². The number of rotatable bonds is 9. The highest BCUT2D eigenvalue weighted by Gasteiger charge is 2.07. The van der Waals surface area contributed by atoms with Gasteiger partial charge >= 0.3 is 0 Å². The number of hydrogen-bond acceptors (Lipinski definition) is 4. The lowest BCUT2D eigenvalue weighted by atomic mass is 10.2. The monoisotopic (exact) mass is 328 g/mol. The zero-order valence-electron chi connectivity index (χ0n) is 13.2. The van der Waals surface area contributed by atoms with Crippen LogP contribution in [0.5, 0.6) is 0 Å². The van der Waals surface area contributed by atoms with Crippen LogP contribution in [0.15, 0.2) is 60.7 Å². The fourth-order valence-corrected chi connectivity index (χ4v) is 1.88. The summed E-state index contributed by atoms with van der Waals surface area (Å²) in [5.74, 6) is -0.715. The third kappa shape index (κ3) is 7.04. The summed E-state index contributed by atoms with van der Waals surface area (Å²) in [4.78, 5) is 33.3. The smallest absolute Gasteiger partial charge is 0.244 e. The Hall–Kier alpha value is -2.70. The molecule has 0 aliphatic rings. The van der Waals surface area contributed by atoms with Crippen molar-refractivity contribution >= 4 is 11.8 Å². The molecule has 0 saturated carbocycles. The topological polar surface area (TPSA) is 76.7 Å². The van der Waals surface area contributed by atoms with E-state index in [4.69, 9.17) is 9.68 Å². The lowest BCUT2D eigenvalue weighted by molar-refractivity contribution is -0.140. The van der Waals surface area contributed by atoms with E-state index in [1.54, 1.807) is 0 Å². The predicted octanol–water partition coefficient (Wildman–Crippen LogP) is 2.26. The second kappa shape index (κ2) is 10.1. The van der Waals surface area contributed by atoms with Crippen molar-refractivity contribution in [2.75, 3.05) is 0 Å². The summed E-state index contributed by atoms with van der Waals surface area (Å²) in [6.45, 7) is 0.553. The van der Waals surface area contributed by atoms with Crippen LogP contribution in [0.3, 0.4) is 0 Å². The van der Waals surface area contributed by atoms with Crippen LogP contribution in [-0.4, -0.2) is 11.8 Å². The summed E-state index contributed by atoms with van der Waals surface area (Å²) >= 11 is 0. The fourth-order valence-electron chi connectivity index (χ4n) is 1.88. The van der Waals surface area contributed by atoms with Crippen LogP contribution in [0.4, 0.5) is 0 Å². The molecule has 6 nitrogen and oxygen atoms in total. The maximum atomic E-state index is 11.6. The Kier molecular flexibility index (Phi) is 7.46. The highest BCUT2D eigenvalue weighted by Crippen LogP contribution is 2.00. The second-order valence-electron chi connectivity index (χ2n) is 5.10. The largest absolute Gasteiger partial charge is 0.273 e. The zero-order valence-corrected chi connectivity index (χ0v) is 13.2. The van der Waals surface area contributed by atoms with Gasteiger partial charge in [-0.3, -0.25) is 19.3 Å². The minimum atomic E-state index is -0.357. The third-order valence-corrected chi connectivity index (χ3v) is 3.11. The summed E-state index contributed by atoms with van der Waals surface area (Å²) in [6, 6.07) is 18.9. The van der Waals surface area contributed by atoms with E-state index in [2.05, 4.69) is 11.0 Å². The first-order valence-corrected chi connectivity index (χ1v) is 7.63. The molecule has 2 amide bonds. The number of hydrogen-bond donors (Lipinski definition) is 2. The molecule has 0 aliphatic carbocycles. The summed E-state index contributed by atoms with van der Waals surface area (Å²) in [6.07, 6.45) is 0.0463. The number of carbonyl (C=O) groups excluding carboxylic acids is 2. The highest BCUT2D eigenvalue weighted by molar-refractivity contribution is 5.82. The van der Waals surface area contributed by atoms with Gasteiger partial charge < -0.3 is 0 Å². The molecule has 0 aliphatic heterocycles. The minimum absolute atomic E-state index is 0.0231. The molecule has 2 aromatic carbocycles. The molecule has 0 heterocycles. The van der Waals surface area contributed by atoms with Crippen molar-refractivity contribution < 1.29 is 19.3 Å². The van der Waals surface area contributed by atoms with Crippen LogP contribution >= 0.6 is 0 Å². The second-order valence-corrected chi connectivity index (χ2v) is 5.10. The van der Waals surface area contributed by atoms with E-state index in [0.29, 0.717) is 0 Å². The van der Waals surface area contributed by atoms with Crippen molar-refractivity contribution in [1.29, 1.82) is 0 Å². The van der Waals surface area contributed by atoms with E-state index >= 15 is 0 Å². The first-order chi connectivity index (χ1) is 11.7. The Morgan fingerprint density at radius 2 is 1.04 bits per heavy atom. The minimum Gasteiger partial charge on any atom is -0.273 e. The molecule has 6 heteroatoms. The van der Waals surface area contributed by atoms with E-state index < -0.39 is 0 Å². The molecule has 24 heavy (non-hydrogen) atoms. The maximum Gasteiger partial charge on any atom is 0.244 e. The standard InChI is InChI=1S/C18H20N2O4/c21-17(19-23-13-15-7-3-1-4-8-15)11-12-18(22)20-24-14-16-9-5-2-6-10-16/h1-10H,11-14H2,(H,19,21)(H,20,22). The molecule has 2 N–H and O–H groups in total. The van der Waals surface area contributed by atoms with Crippen molar-refractivity contribution in [2.45, 2.75) is 26.1 Å². The predicted molar refractivity (Wildman–Crippen MR) is 88.0 cm³/mol. The molecule has 2 aromatic rings. The quantitative estimate of drug-likeness (QED) is 0.692.